The summed E-state index contributed by atoms with van der Waals surface area (Å²) < 4.78 is 35.6. The van der Waals surface area contributed by atoms with Gasteiger partial charge in [0.05, 0.1) is 0 Å². The zero-order chi connectivity index (χ0) is 17.6. The van der Waals surface area contributed by atoms with Gasteiger partial charge in [-0.3, -0.25) is 0 Å². The molecule has 0 aromatic heterocycles. The smallest absolute Gasteiger partial charge is 0.380 e. The monoisotopic (exact) mass is 374 g/mol. The van der Waals surface area contributed by atoms with E-state index in [-0.39, 0.29) is 5.75 Å². The summed E-state index contributed by atoms with van der Waals surface area (Å²) in [5, 5.41) is 15.1. The molecule has 0 bridgehead atoms. The zero-order valence-corrected chi connectivity index (χ0v) is 13.7. The van der Waals surface area contributed by atoms with Crippen molar-refractivity contribution in [1.29, 1.82) is 0 Å². The lowest BCUT2D eigenvalue weighted by molar-refractivity contribution is -0.199. The lowest BCUT2D eigenvalue weighted by atomic mass is 10.0. The Hall–Kier alpha value is -1.86. The minimum Gasteiger partial charge on any atom is -0.399 e. The number of nitrogens with two attached hydrogens (primary N) is 2. The van der Waals surface area contributed by atoms with Crippen LogP contribution in [0.15, 0.2) is 48.5 Å². The largest absolute Gasteiger partial charge is 0.399 e. The summed E-state index contributed by atoms with van der Waals surface area (Å²) in [4.78, 5) is 3.87. The Balaban J connectivity index is 2.04. The third kappa shape index (κ3) is 5.65. The Morgan fingerprint density at radius 3 is 1.92 bits per heavy atom. The van der Waals surface area contributed by atoms with Gasteiger partial charge in [-0.05, 0) is 35.4 Å². The maximum atomic E-state index is 10.8. The Morgan fingerprint density at radius 2 is 1.46 bits per heavy atom. The van der Waals surface area contributed by atoms with Crippen molar-refractivity contribution in [3.05, 3.63) is 59.7 Å². The highest BCUT2D eigenvalue weighted by molar-refractivity contribution is 7.90. The predicted molar refractivity (Wildman–Crippen MR) is 85.3 cm³/mol. The third-order valence-electron chi connectivity index (χ3n) is 2.80. The van der Waals surface area contributed by atoms with E-state index in [9.17, 15) is 13.5 Å². The molecule has 0 aliphatic rings. The van der Waals surface area contributed by atoms with Gasteiger partial charge in [-0.25, -0.2) is 0 Å². The van der Waals surface area contributed by atoms with Crippen molar-refractivity contribution in [3.8, 4) is 11.5 Å². The fourth-order valence-corrected chi connectivity index (χ4v) is 2.44. The minimum absolute atomic E-state index is 0.0522. The molecule has 2 aromatic rings. The van der Waals surface area contributed by atoms with Crippen LogP contribution in [-0.4, -0.2) is 13.5 Å². The van der Waals surface area contributed by atoms with Crippen LogP contribution >= 0.6 is 12.3 Å². The first-order valence-corrected chi connectivity index (χ1v) is 8.50. The average Bonchev–Trinajstić information content (AvgIpc) is 2.54. The second kappa shape index (κ2) is 8.30. The van der Waals surface area contributed by atoms with Crippen molar-refractivity contribution < 1.29 is 31.2 Å². The van der Waals surface area contributed by atoms with Crippen molar-refractivity contribution in [1.82, 2.24) is 0 Å². The van der Waals surface area contributed by atoms with Crippen LogP contribution in [0.25, 0.3) is 0 Å². The fourth-order valence-electron chi connectivity index (χ4n) is 1.81. The molecule has 0 aliphatic carbocycles. The second-order valence-corrected chi connectivity index (χ2v) is 6.02. The first-order valence-electron chi connectivity index (χ1n) is 6.36. The minimum atomic E-state index is -4.08. The van der Waals surface area contributed by atoms with E-state index < -0.39 is 16.4 Å². The number of aliphatic hydroxyl groups excluding tert-OH is 1. The third-order valence-corrected chi connectivity index (χ3v) is 3.62. The number of aliphatic hydroxyl groups is 1. The summed E-state index contributed by atoms with van der Waals surface area (Å²) in [6, 6.07) is 12.4. The van der Waals surface area contributed by atoms with Crippen LogP contribution in [0.3, 0.4) is 0 Å². The molecule has 5 N–H and O–H groups in total. The molecule has 0 amide bonds. The Labute approximate surface area is 142 Å². The van der Waals surface area contributed by atoms with Gasteiger partial charge in [0.25, 0.3) is 12.3 Å². The molecule has 0 heterocycles. The van der Waals surface area contributed by atoms with Crippen LogP contribution < -0.4 is 19.4 Å². The molecule has 24 heavy (non-hydrogen) atoms. The van der Waals surface area contributed by atoms with Gasteiger partial charge in [0.2, 0.25) is 0 Å². The first kappa shape index (κ1) is 18.5. The molecule has 0 saturated carbocycles. The second-order valence-electron chi connectivity index (χ2n) is 4.43. The molecule has 0 spiro atoms. The van der Waals surface area contributed by atoms with E-state index in [0.29, 0.717) is 29.2 Å². The molecule has 0 saturated heterocycles. The fraction of sp³-hybridized carbons (Fsp3) is 0.0769. The van der Waals surface area contributed by atoms with Crippen molar-refractivity contribution in [2.45, 2.75) is 6.10 Å². The molecular weight excluding hydrogens is 360 g/mol. The van der Waals surface area contributed by atoms with E-state index in [0.717, 1.165) is 0 Å². The summed E-state index contributed by atoms with van der Waals surface area (Å²) in [5.74, 6) is 5.18. The first-order chi connectivity index (χ1) is 11.4. The Kier molecular flexibility index (Phi) is 6.39. The molecule has 2 rings (SSSR count). The highest BCUT2D eigenvalue weighted by Gasteiger charge is 2.12. The quantitative estimate of drug-likeness (QED) is 0.268. The molecule has 0 aliphatic heterocycles. The number of benzene rings is 2. The van der Waals surface area contributed by atoms with Gasteiger partial charge in [-0.2, -0.15) is 19.5 Å². The average molecular weight is 374 g/mol. The van der Waals surface area contributed by atoms with Gasteiger partial charge < -0.3 is 13.5 Å². The maximum absolute atomic E-state index is 10.8. The van der Waals surface area contributed by atoms with Gasteiger partial charge in [0.1, 0.15) is 17.6 Å². The van der Waals surface area contributed by atoms with Crippen LogP contribution in [0.1, 0.15) is 17.2 Å². The maximum Gasteiger partial charge on any atom is 0.380 e. The van der Waals surface area contributed by atoms with Crippen LogP contribution in [0.4, 0.5) is 0 Å². The molecule has 11 heteroatoms. The van der Waals surface area contributed by atoms with Crippen LogP contribution in [0.2, 0.25) is 0 Å². The van der Waals surface area contributed by atoms with Gasteiger partial charge in [-0.15, -0.1) is 9.32 Å². The summed E-state index contributed by atoms with van der Waals surface area (Å²) in [6.45, 7) is 0. The van der Waals surface area contributed by atoms with Crippen LogP contribution in [0, 0.1) is 0 Å². The lowest BCUT2D eigenvalue weighted by Gasteiger charge is -2.12. The highest BCUT2D eigenvalue weighted by Crippen LogP contribution is 2.26. The summed E-state index contributed by atoms with van der Waals surface area (Å²) >= 11 is 0.540. The zero-order valence-electron chi connectivity index (χ0n) is 12.1. The number of hydrogen-bond donors (Lipinski definition) is 3. The summed E-state index contributed by atoms with van der Waals surface area (Å²) in [5.41, 5.74) is 1.14. The standard InChI is InChI=1S/C13H14N2O7S2/c14-21-22-23-19-11-5-1-9(2-6-11)13(16)10-3-7-12(8-4-10)20-24(15,17)18/h1-8,13,16H,14H2,(H2,15,17,18). The van der Waals surface area contributed by atoms with Crippen molar-refractivity contribution in [2.24, 2.45) is 11.0 Å². The number of rotatable bonds is 8. The van der Waals surface area contributed by atoms with E-state index in [1.165, 1.54) is 24.3 Å². The Bertz CT molecular complexity index is 751. The Morgan fingerprint density at radius 1 is 0.958 bits per heavy atom. The van der Waals surface area contributed by atoms with Crippen molar-refractivity contribution in [3.63, 3.8) is 0 Å². The highest BCUT2D eigenvalue weighted by atomic mass is 32.2. The molecule has 1 atom stereocenters. The van der Waals surface area contributed by atoms with E-state index in [4.69, 9.17) is 9.32 Å². The van der Waals surface area contributed by atoms with E-state index >= 15 is 0 Å². The SMILES string of the molecule is NOOSOc1ccc(C(O)c2ccc(OS(N)(=O)=O)cc2)cc1. The lowest BCUT2D eigenvalue weighted by Crippen LogP contribution is -2.18. The van der Waals surface area contributed by atoms with Gasteiger partial charge in [0.15, 0.2) is 0 Å². The van der Waals surface area contributed by atoms with E-state index in [2.05, 4.69) is 19.4 Å². The summed E-state index contributed by atoms with van der Waals surface area (Å²) in [7, 11) is -4.08. The van der Waals surface area contributed by atoms with Crippen molar-refractivity contribution in [2.75, 3.05) is 0 Å². The molecule has 130 valence electrons. The van der Waals surface area contributed by atoms with Crippen LogP contribution in [0.5, 0.6) is 11.5 Å². The molecule has 9 nitrogen and oxygen atoms in total. The van der Waals surface area contributed by atoms with Crippen LogP contribution in [-0.2, 0) is 19.6 Å². The van der Waals surface area contributed by atoms with E-state index in [1.54, 1.807) is 24.3 Å². The van der Waals surface area contributed by atoms with Gasteiger partial charge in [-0.1, -0.05) is 24.3 Å². The van der Waals surface area contributed by atoms with Crippen molar-refractivity contribution >= 4 is 22.6 Å². The number of hydrogen-bond acceptors (Lipinski definition) is 9. The van der Waals surface area contributed by atoms with Gasteiger partial charge in [0, 0.05) is 0 Å². The topological polar surface area (TPSA) is 143 Å². The molecule has 0 fully saturated rings. The summed E-state index contributed by atoms with van der Waals surface area (Å²) in [6.07, 6.45) is -0.918. The normalized spacial score (nSPS) is 12.6. The molecular formula is C13H14N2O7S2. The predicted octanol–water partition coefficient (Wildman–Crippen LogP) is 1.11. The molecule has 0 radical (unpaired) electrons. The van der Waals surface area contributed by atoms with E-state index in [1.807, 2.05) is 0 Å². The molecule has 2 aromatic carbocycles. The van der Waals surface area contributed by atoms with Gasteiger partial charge >= 0.3 is 10.3 Å². The molecule has 1 unspecified atom stereocenters.